The molecule has 0 aromatic heterocycles. The lowest BCUT2D eigenvalue weighted by Crippen LogP contribution is -2.05. The molecule has 14 heavy (non-hydrogen) atoms. The summed E-state index contributed by atoms with van der Waals surface area (Å²) in [5.74, 6) is -0.874. The molecule has 0 unspecified atom stereocenters. The minimum atomic E-state index is -0.874. The van der Waals surface area contributed by atoms with Gasteiger partial charge in [-0.2, -0.15) is 0 Å². The van der Waals surface area contributed by atoms with E-state index in [4.69, 9.17) is 14.6 Å². The van der Waals surface area contributed by atoms with Crippen LogP contribution in [-0.2, 0) is 14.3 Å². The molecular formula is C10H18O4. The molecule has 0 aromatic carbocycles. The smallest absolute Gasteiger partial charge is 0.331 e. The van der Waals surface area contributed by atoms with Crippen molar-refractivity contribution in [2.45, 2.75) is 19.8 Å². The fourth-order valence-corrected chi connectivity index (χ4v) is 0.974. The van der Waals surface area contributed by atoms with E-state index in [1.165, 1.54) is 0 Å². The van der Waals surface area contributed by atoms with E-state index in [-0.39, 0.29) is 0 Å². The molecule has 0 saturated carbocycles. The number of aliphatic carboxylic acids is 1. The van der Waals surface area contributed by atoms with Gasteiger partial charge in [-0.3, -0.25) is 0 Å². The highest BCUT2D eigenvalue weighted by Gasteiger charge is 2.05. The first-order chi connectivity index (χ1) is 6.72. The number of hydrogen-bond donors (Lipinski definition) is 1. The van der Waals surface area contributed by atoms with Crippen molar-refractivity contribution in [3.8, 4) is 0 Å². The van der Waals surface area contributed by atoms with Crippen molar-refractivity contribution in [1.82, 2.24) is 0 Å². The largest absolute Gasteiger partial charge is 0.478 e. The van der Waals surface area contributed by atoms with Crippen LogP contribution in [0.5, 0.6) is 0 Å². The van der Waals surface area contributed by atoms with Crippen LogP contribution in [0.25, 0.3) is 0 Å². The van der Waals surface area contributed by atoms with Crippen molar-refractivity contribution in [3.63, 3.8) is 0 Å². The van der Waals surface area contributed by atoms with Crippen LogP contribution in [0.1, 0.15) is 19.8 Å². The molecule has 4 heteroatoms. The highest BCUT2D eigenvalue weighted by atomic mass is 16.5. The van der Waals surface area contributed by atoms with E-state index < -0.39 is 5.97 Å². The third-order valence-corrected chi connectivity index (χ3v) is 1.71. The van der Waals surface area contributed by atoms with E-state index in [2.05, 4.69) is 0 Å². The van der Waals surface area contributed by atoms with Crippen molar-refractivity contribution < 1.29 is 19.4 Å². The molecule has 0 aliphatic rings. The van der Waals surface area contributed by atoms with Gasteiger partial charge in [-0.05, 0) is 13.3 Å². The SMILES string of the molecule is CCOCCC(=CCCOC)C(=O)O. The summed E-state index contributed by atoms with van der Waals surface area (Å²) >= 11 is 0. The lowest BCUT2D eigenvalue weighted by atomic mass is 10.1. The molecule has 0 saturated heterocycles. The van der Waals surface area contributed by atoms with Gasteiger partial charge in [-0.15, -0.1) is 0 Å². The molecule has 0 fully saturated rings. The van der Waals surface area contributed by atoms with Gasteiger partial charge in [0, 0.05) is 32.3 Å². The summed E-state index contributed by atoms with van der Waals surface area (Å²) in [6.07, 6.45) is 2.77. The molecule has 0 atom stereocenters. The Hall–Kier alpha value is -0.870. The molecule has 0 rings (SSSR count). The van der Waals surface area contributed by atoms with Gasteiger partial charge in [0.25, 0.3) is 0 Å². The molecule has 0 aliphatic heterocycles. The topological polar surface area (TPSA) is 55.8 Å². The molecule has 0 heterocycles. The van der Waals surface area contributed by atoms with Gasteiger partial charge in [0.2, 0.25) is 0 Å². The Balaban J connectivity index is 3.88. The normalized spacial score (nSPS) is 11.7. The Bertz CT molecular complexity index is 187. The minimum Gasteiger partial charge on any atom is -0.478 e. The number of ether oxygens (including phenoxy) is 2. The van der Waals surface area contributed by atoms with Crippen LogP contribution in [0.15, 0.2) is 11.6 Å². The molecule has 0 bridgehead atoms. The van der Waals surface area contributed by atoms with Gasteiger partial charge in [0.1, 0.15) is 0 Å². The Morgan fingerprint density at radius 3 is 2.64 bits per heavy atom. The summed E-state index contributed by atoms with van der Waals surface area (Å²) in [5.41, 5.74) is 0.399. The zero-order chi connectivity index (χ0) is 10.8. The molecule has 1 N–H and O–H groups in total. The monoisotopic (exact) mass is 202 g/mol. The zero-order valence-electron chi connectivity index (χ0n) is 8.78. The van der Waals surface area contributed by atoms with Crippen LogP contribution in [0.2, 0.25) is 0 Å². The first-order valence-electron chi connectivity index (χ1n) is 4.71. The average molecular weight is 202 g/mol. The number of carboxylic acid groups (broad SMARTS) is 1. The van der Waals surface area contributed by atoms with Crippen LogP contribution < -0.4 is 0 Å². The fraction of sp³-hybridized carbons (Fsp3) is 0.700. The third-order valence-electron chi connectivity index (χ3n) is 1.71. The van der Waals surface area contributed by atoms with E-state index in [0.29, 0.717) is 38.2 Å². The van der Waals surface area contributed by atoms with Crippen LogP contribution in [-0.4, -0.2) is 38.0 Å². The van der Waals surface area contributed by atoms with Crippen molar-refractivity contribution in [2.75, 3.05) is 26.9 Å². The van der Waals surface area contributed by atoms with Gasteiger partial charge in [-0.25, -0.2) is 4.79 Å². The molecule has 0 spiro atoms. The maximum absolute atomic E-state index is 10.7. The van der Waals surface area contributed by atoms with Gasteiger partial charge in [-0.1, -0.05) is 6.08 Å². The van der Waals surface area contributed by atoms with E-state index >= 15 is 0 Å². The Kier molecular flexibility index (Phi) is 8.17. The Labute approximate surface area is 84.5 Å². The summed E-state index contributed by atoms with van der Waals surface area (Å²) in [4.78, 5) is 10.7. The standard InChI is InChI=1S/C10H18O4/c1-3-14-8-6-9(10(11)12)5-4-7-13-2/h5H,3-4,6-8H2,1-2H3,(H,11,12). The van der Waals surface area contributed by atoms with Crippen molar-refractivity contribution in [1.29, 1.82) is 0 Å². The van der Waals surface area contributed by atoms with Gasteiger partial charge < -0.3 is 14.6 Å². The van der Waals surface area contributed by atoms with E-state index in [1.807, 2.05) is 6.92 Å². The lowest BCUT2D eigenvalue weighted by molar-refractivity contribution is -0.133. The number of carboxylic acids is 1. The van der Waals surface area contributed by atoms with Gasteiger partial charge in [0.15, 0.2) is 0 Å². The maximum Gasteiger partial charge on any atom is 0.331 e. The van der Waals surface area contributed by atoms with E-state index in [9.17, 15) is 4.79 Å². The molecule has 0 aromatic rings. The van der Waals surface area contributed by atoms with Crippen LogP contribution >= 0.6 is 0 Å². The number of carbonyl (C=O) groups is 1. The quantitative estimate of drug-likeness (QED) is 0.478. The summed E-state index contributed by atoms with van der Waals surface area (Å²) in [6, 6.07) is 0. The maximum atomic E-state index is 10.7. The molecular weight excluding hydrogens is 184 g/mol. The first kappa shape index (κ1) is 13.1. The number of hydrogen-bond acceptors (Lipinski definition) is 3. The van der Waals surface area contributed by atoms with Gasteiger partial charge >= 0.3 is 5.97 Å². The van der Waals surface area contributed by atoms with Crippen LogP contribution in [0.3, 0.4) is 0 Å². The summed E-state index contributed by atoms with van der Waals surface area (Å²) < 4.78 is 9.91. The van der Waals surface area contributed by atoms with Crippen LogP contribution in [0.4, 0.5) is 0 Å². The summed E-state index contributed by atoms with van der Waals surface area (Å²) in [7, 11) is 1.59. The van der Waals surface area contributed by atoms with Gasteiger partial charge in [0.05, 0.1) is 6.61 Å². The van der Waals surface area contributed by atoms with Crippen LogP contribution in [0, 0.1) is 0 Å². The average Bonchev–Trinajstić information content (AvgIpc) is 2.15. The molecule has 0 aliphatic carbocycles. The summed E-state index contributed by atoms with van der Waals surface area (Å²) in [6.45, 7) is 3.51. The fourth-order valence-electron chi connectivity index (χ4n) is 0.974. The van der Waals surface area contributed by atoms with Crippen molar-refractivity contribution >= 4 is 5.97 Å². The number of rotatable bonds is 8. The first-order valence-corrected chi connectivity index (χ1v) is 4.71. The molecule has 0 amide bonds. The minimum absolute atomic E-state index is 0.399. The number of methoxy groups -OCH3 is 1. The highest BCUT2D eigenvalue weighted by molar-refractivity contribution is 5.86. The second-order valence-electron chi connectivity index (χ2n) is 2.76. The zero-order valence-corrected chi connectivity index (χ0v) is 8.78. The van der Waals surface area contributed by atoms with Crippen molar-refractivity contribution in [2.24, 2.45) is 0 Å². The molecule has 82 valence electrons. The molecule has 0 radical (unpaired) electrons. The predicted octanol–water partition coefficient (Wildman–Crippen LogP) is 1.46. The predicted molar refractivity (Wildman–Crippen MR) is 53.3 cm³/mol. The lowest BCUT2D eigenvalue weighted by Gasteiger charge is -2.02. The summed E-state index contributed by atoms with van der Waals surface area (Å²) in [5, 5.41) is 8.81. The Morgan fingerprint density at radius 1 is 1.43 bits per heavy atom. The molecule has 4 nitrogen and oxygen atoms in total. The van der Waals surface area contributed by atoms with E-state index in [1.54, 1.807) is 13.2 Å². The van der Waals surface area contributed by atoms with Crippen molar-refractivity contribution in [3.05, 3.63) is 11.6 Å². The second-order valence-corrected chi connectivity index (χ2v) is 2.76. The second kappa shape index (κ2) is 8.72. The van der Waals surface area contributed by atoms with E-state index in [0.717, 1.165) is 0 Å². The Morgan fingerprint density at radius 2 is 2.14 bits per heavy atom. The third kappa shape index (κ3) is 6.62. The highest BCUT2D eigenvalue weighted by Crippen LogP contribution is 2.03.